The highest BCUT2D eigenvalue weighted by atomic mass is 32.2. The summed E-state index contributed by atoms with van der Waals surface area (Å²) < 4.78 is 10.7. The summed E-state index contributed by atoms with van der Waals surface area (Å²) in [5.41, 5.74) is 4.47. The van der Waals surface area contributed by atoms with Crippen LogP contribution in [-0.2, 0) is 11.2 Å². The van der Waals surface area contributed by atoms with Gasteiger partial charge in [-0.25, -0.2) is 0 Å². The molecule has 6 nitrogen and oxygen atoms in total. The average molecular weight is 489 g/mol. The fourth-order valence-corrected chi connectivity index (χ4v) is 4.90. The third-order valence-electron chi connectivity index (χ3n) is 5.84. The number of nitrogens with zero attached hydrogens (tertiary/aromatic N) is 1. The van der Waals surface area contributed by atoms with Crippen LogP contribution in [0.4, 0.5) is 5.69 Å². The summed E-state index contributed by atoms with van der Waals surface area (Å²) in [6, 6.07) is 19.3. The highest BCUT2D eigenvalue weighted by Gasteiger charge is 2.27. The van der Waals surface area contributed by atoms with Crippen LogP contribution in [0.15, 0.2) is 70.5 Å². The topological polar surface area (TPSA) is 67.9 Å². The predicted octanol–water partition coefficient (Wildman–Crippen LogP) is 5.09. The second-order valence-corrected chi connectivity index (χ2v) is 9.35. The normalized spacial score (nSPS) is 14.0. The van der Waals surface area contributed by atoms with E-state index in [0.29, 0.717) is 28.5 Å². The molecule has 0 atom stereocenters. The lowest BCUT2D eigenvalue weighted by Crippen LogP contribution is -2.31. The van der Waals surface area contributed by atoms with E-state index in [2.05, 4.69) is 36.5 Å². The Labute approximate surface area is 209 Å². The van der Waals surface area contributed by atoms with E-state index in [1.54, 1.807) is 38.3 Å². The number of benzene rings is 3. The summed E-state index contributed by atoms with van der Waals surface area (Å²) in [6.45, 7) is 2.59. The minimum Gasteiger partial charge on any atom is -0.493 e. The lowest BCUT2D eigenvalue weighted by molar-refractivity contribution is -0.114. The van der Waals surface area contributed by atoms with Crippen LogP contribution in [0.3, 0.4) is 0 Å². The molecular weight excluding hydrogens is 460 g/mol. The van der Waals surface area contributed by atoms with Crippen molar-refractivity contribution in [2.45, 2.75) is 18.2 Å². The van der Waals surface area contributed by atoms with Gasteiger partial charge in [-0.2, -0.15) is 0 Å². The van der Waals surface area contributed by atoms with Gasteiger partial charge < -0.3 is 19.7 Å². The third kappa shape index (κ3) is 5.52. The number of aryl methyl sites for hydroxylation is 1. The van der Waals surface area contributed by atoms with E-state index in [4.69, 9.17) is 9.47 Å². The Bertz CT molecular complexity index is 1280. The molecule has 3 aromatic carbocycles. The van der Waals surface area contributed by atoms with Crippen LogP contribution in [0.25, 0.3) is 6.08 Å². The number of rotatable bonds is 7. The number of anilines is 1. The number of methoxy groups -OCH3 is 2. The van der Waals surface area contributed by atoms with Crippen molar-refractivity contribution in [1.82, 2.24) is 5.32 Å². The molecule has 35 heavy (non-hydrogen) atoms. The van der Waals surface area contributed by atoms with E-state index in [0.717, 1.165) is 22.6 Å². The molecule has 0 unspecified atom stereocenters. The molecular formula is C28H28N2O4S. The molecule has 0 saturated heterocycles. The summed E-state index contributed by atoms with van der Waals surface area (Å²) >= 11 is 1.39. The maximum absolute atomic E-state index is 13.1. The van der Waals surface area contributed by atoms with Gasteiger partial charge in [-0.3, -0.25) is 9.59 Å². The Morgan fingerprint density at radius 3 is 2.46 bits per heavy atom. The van der Waals surface area contributed by atoms with Gasteiger partial charge in [0.1, 0.15) is 0 Å². The monoisotopic (exact) mass is 488 g/mol. The minimum absolute atomic E-state index is 0.130. The van der Waals surface area contributed by atoms with Gasteiger partial charge in [0.15, 0.2) is 11.5 Å². The third-order valence-corrected chi connectivity index (χ3v) is 6.92. The highest BCUT2D eigenvalue weighted by Crippen LogP contribution is 2.42. The van der Waals surface area contributed by atoms with Crippen molar-refractivity contribution in [2.24, 2.45) is 0 Å². The number of nitrogens with one attached hydrogen (secondary N) is 1. The zero-order valence-corrected chi connectivity index (χ0v) is 21.1. The van der Waals surface area contributed by atoms with Gasteiger partial charge in [0, 0.05) is 24.1 Å². The summed E-state index contributed by atoms with van der Waals surface area (Å²) in [4.78, 5) is 28.9. The van der Waals surface area contributed by atoms with E-state index in [1.807, 2.05) is 30.3 Å². The molecule has 0 spiro atoms. The van der Waals surface area contributed by atoms with Crippen molar-refractivity contribution >= 4 is 35.3 Å². The lowest BCUT2D eigenvalue weighted by atomic mass is 10.1. The molecule has 0 aromatic heterocycles. The molecule has 0 fully saturated rings. The molecule has 2 amide bonds. The molecule has 7 heteroatoms. The van der Waals surface area contributed by atoms with E-state index in [1.165, 1.54) is 22.9 Å². The van der Waals surface area contributed by atoms with E-state index in [-0.39, 0.29) is 11.8 Å². The summed E-state index contributed by atoms with van der Waals surface area (Å²) in [7, 11) is 4.89. The van der Waals surface area contributed by atoms with E-state index in [9.17, 15) is 9.59 Å². The van der Waals surface area contributed by atoms with Crippen molar-refractivity contribution in [3.8, 4) is 11.5 Å². The smallest absolute Gasteiger partial charge is 0.264 e. The molecule has 1 aliphatic rings. The van der Waals surface area contributed by atoms with Gasteiger partial charge in [-0.15, -0.1) is 0 Å². The number of hydrogen-bond acceptors (Lipinski definition) is 5. The minimum atomic E-state index is -0.155. The summed E-state index contributed by atoms with van der Waals surface area (Å²) in [6.07, 6.45) is 2.59. The molecule has 0 bridgehead atoms. The van der Waals surface area contributed by atoms with Crippen molar-refractivity contribution in [1.29, 1.82) is 0 Å². The molecule has 180 valence electrons. The number of fused-ring (bicyclic) bond motifs is 1. The van der Waals surface area contributed by atoms with E-state index >= 15 is 0 Å². The summed E-state index contributed by atoms with van der Waals surface area (Å²) in [5.74, 6) is 0.943. The fraction of sp³-hybridized carbons (Fsp3) is 0.214. The first-order valence-corrected chi connectivity index (χ1v) is 12.1. The first-order valence-electron chi connectivity index (χ1n) is 11.3. The van der Waals surface area contributed by atoms with Crippen LogP contribution in [0, 0.1) is 6.92 Å². The van der Waals surface area contributed by atoms with Crippen molar-refractivity contribution in [3.05, 3.63) is 87.8 Å². The lowest BCUT2D eigenvalue weighted by Gasteiger charge is -2.27. The fourth-order valence-electron chi connectivity index (χ4n) is 3.81. The maximum atomic E-state index is 13.1. The SMILES string of the molecule is COc1ccc(C=C2Sc3ccc(C(=O)NCCc4ccc(C)cc4)cc3N(C)C2=O)cc1OC. The molecule has 0 saturated carbocycles. The Morgan fingerprint density at radius 2 is 1.74 bits per heavy atom. The standard InChI is InChI=1S/C28H28N2O4S/c1-18-5-7-19(8-6-18)13-14-29-27(31)21-10-12-25-22(17-21)30(2)28(32)26(35-25)16-20-9-11-23(33-3)24(15-20)34-4/h5-12,15-17H,13-14H2,1-4H3,(H,29,31). The molecule has 1 aliphatic heterocycles. The van der Waals surface area contributed by atoms with Crippen LogP contribution in [-0.4, -0.2) is 39.6 Å². The van der Waals surface area contributed by atoms with Gasteiger partial charge in [-0.1, -0.05) is 47.7 Å². The van der Waals surface area contributed by atoms with Gasteiger partial charge in [0.2, 0.25) is 0 Å². The highest BCUT2D eigenvalue weighted by molar-refractivity contribution is 8.04. The zero-order chi connectivity index (χ0) is 24.9. The van der Waals surface area contributed by atoms with Gasteiger partial charge in [0.05, 0.1) is 24.8 Å². The Kier molecular flexibility index (Phi) is 7.46. The maximum Gasteiger partial charge on any atom is 0.264 e. The molecule has 1 heterocycles. The van der Waals surface area contributed by atoms with Gasteiger partial charge in [0.25, 0.3) is 11.8 Å². The van der Waals surface area contributed by atoms with E-state index < -0.39 is 0 Å². The number of thioether (sulfide) groups is 1. The largest absolute Gasteiger partial charge is 0.493 e. The van der Waals surface area contributed by atoms with Crippen LogP contribution in [0.1, 0.15) is 27.0 Å². The second-order valence-electron chi connectivity index (χ2n) is 8.26. The molecule has 0 radical (unpaired) electrons. The second kappa shape index (κ2) is 10.7. The number of hydrogen-bond donors (Lipinski definition) is 1. The Balaban J connectivity index is 1.48. The van der Waals surface area contributed by atoms with Crippen molar-refractivity contribution in [3.63, 3.8) is 0 Å². The first-order chi connectivity index (χ1) is 16.9. The van der Waals surface area contributed by atoms with Crippen LogP contribution in [0.2, 0.25) is 0 Å². The van der Waals surface area contributed by atoms with Gasteiger partial charge in [-0.05, 0) is 60.9 Å². The van der Waals surface area contributed by atoms with Crippen molar-refractivity contribution in [2.75, 3.05) is 32.7 Å². The number of carbonyl (C=O) groups excluding carboxylic acids is 2. The Morgan fingerprint density at radius 1 is 1.00 bits per heavy atom. The molecule has 1 N–H and O–H groups in total. The zero-order valence-electron chi connectivity index (χ0n) is 20.3. The van der Waals surface area contributed by atoms with Crippen molar-refractivity contribution < 1.29 is 19.1 Å². The number of carbonyl (C=O) groups is 2. The quantitative estimate of drug-likeness (QED) is 0.469. The number of ether oxygens (including phenoxy) is 2. The average Bonchev–Trinajstić information content (AvgIpc) is 2.88. The molecule has 3 aromatic rings. The predicted molar refractivity (Wildman–Crippen MR) is 140 cm³/mol. The van der Waals surface area contributed by atoms with Crippen LogP contribution in [0.5, 0.6) is 11.5 Å². The van der Waals surface area contributed by atoms with Crippen LogP contribution < -0.4 is 19.7 Å². The molecule has 4 rings (SSSR count). The summed E-state index contributed by atoms with van der Waals surface area (Å²) in [5, 5.41) is 2.97. The van der Waals surface area contributed by atoms with Crippen LogP contribution >= 0.6 is 11.8 Å². The Hall–Kier alpha value is -3.71. The molecule has 0 aliphatic carbocycles. The number of likely N-dealkylation sites (N-methyl/N-ethyl adjacent to an activating group) is 1. The van der Waals surface area contributed by atoms with Gasteiger partial charge >= 0.3 is 0 Å². The first kappa shape index (κ1) is 24.4. The number of amides is 2.